The smallest absolute Gasteiger partial charge is 0.00844 e. The molecule has 54 valence electrons. The second-order valence-corrected chi connectivity index (χ2v) is 2.73. The summed E-state index contributed by atoms with van der Waals surface area (Å²) >= 11 is 0. The lowest BCUT2D eigenvalue weighted by Gasteiger charge is -2.42. The van der Waals surface area contributed by atoms with Gasteiger partial charge in [-0.15, -0.1) is 0 Å². The molecule has 0 aromatic rings. The van der Waals surface area contributed by atoms with Gasteiger partial charge in [0, 0.05) is 12.1 Å². The molecule has 0 amide bonds. The number of rotatable bonds is 0. The third-order valence-electron chi connectivity index (χ3n) is 2.15. The Kier molecular flexibility index (Phi) is 2.52. The minimum absolute atomic E-state index is 0.929. The van der Waals surface area contributed by atoms with Gasteiger partial charge in [-0.1, -0.05) is 20.3 Å². The molecule has 0 aromatic carbocycles. The van der Waals surface area contributed by atoms with E-state index in [1.807, 2.05) is 13.8 Å². The summed E-state index contributed by atoms with van der Waals surface area (Å²) in [7, 11) is 0. The highest BCUT2D eigenvalue weighted by Crippen LogP contribution is 2.27. The molecule has 1 nitrogen and oxygen atoms in total. The number of fused-ring (bicyclic) bond motifs is 2. The van der Waals surface area contributed by atoms with E-state index in [0.717, 1.165) is 12.1 Å². The lowest BCUT2D eigenvalue weighted by atomic mass is 9.83. The quantitative estimate of drug-likeness (QED) is 0.524. The predicted octanol–water partition coefficient (Wildman–Crippen LogP) is 1.93. The molecule has 3 aliphatic rings. The highest BCUT2D eigenvalue weighted by Gasteiger charge is 2.31. The van der Waals surface area contributed by atoms with Crippen LogP contribution in [-0.2, 0) is 0 Å². The highest BCUT2D eigenvalue weighted by atomic mass is 15.0. The van der Waals surface area contributed by atoms with Crippen molar-refractivity contribution in [1.82, 2.24) is 5.32 Å². The highest BCUT2D eigenvalue weighted by molar-refractivity contribution is 4.92. The van der Waals surface area contributed by atoms with E-state index in [9.17, 15) is 0 Å². The fourth-order valence-corrected chi connectivity index (χ4v) is 1.67. The van der Waals surface area contributed by atoms with Gasteiger partial charge in [-0.2, -0.15) is 0 Å². The molecular weight excluding hydrogens is 110 g/mol. The Morgan fingerprint density at radius 1 is 1.11 bits per heavy atom. The van der Waals surface area contributed by atoms with Crippen LogP contribution < -0.4 is 5.32 Å². The minimum atomic E-state index is 0.929. The van der Waals surface area contributed by atoms with Gasteiger partial charge < -0.3 is 5.32 Å². The van der Waals surface area contributed by atoms with Crippen LogP contribution in [0.25, 0.3) is 0 Å². The zero-order valence-electron chi connectivity index (χ0n) is 6.48. The summed E-state index contributed by atoms with van der Waals surface area (Å²) in [6, 6.07) is 1.86. The van der Waals surface area contributed by atoms with E-state index >= 15 is 0 Å². The molecule has 2 aliphatic heterocycles. The van der Waals surface area contributed by atoms with Crippen molar-refractivity contribution in [3.63, 3.8) is 0 Å². The number of piperidine rings is 1. The van der Waals surface area contributed by atoms with E-state index in [4.69, 9.17) is 0 Å². The van der Waals surface area contributed by atoms with E-state index in [-0.39, 0.29) is 0 Å². The molecule has 3 rings (SSSR count). The van der Waals surface area contributed by atoms with Crippen molar-refractivity contribution >= 4 is 0 Å². The zero-order valence-corrected chi connectivity index (χ0v) is 6.48. The molecule has 1 N–H and O–H groups in total. The van der Waals surface area contributed by atoms with Crippen LogP contribution in [-0.4, -0.2) is 12.1 Å². The first-order valence-corrected chi connectivity index (χ1v) is 4.21. The van der Waals surface area contributed by atoms with E-state index in [1.54, 1.807) is 0 Å². The molecule has 9 heavy (non-hydrogen) atoms. The van der Waals surface area contributed by atoms with Gasteiger partial charge in [0.2, 0.25) is 0 Å². The van der Waals surface area contributed by atoms with Crippen LogP contribution in [0, 0.1) is 0 Å². The van der Waals surface area contributed by atoms with Crippen molar-refractivity contribution in [2.24, 2.45) is 0 Å². The number of hydrogen-bond donors (Lipinski definition) is 1. The van der Waals surface area contributed by atoms with E-state index in [1.165, 1.54) is 25.7 Å². The van der Waals surface area contributed by atoms with Crippen molar-refractivity contribution in [1.29, 1.82) is 0 Å². The number of nitrogens with one attached hydrogen (secondary N) is 1. The SMILES string of the molecule is C1CC2CC(C1)N2.CC. The molecule has 1 saturated carbocycles. The summed E-state index contributed by atoms with van der Waals surface area (Å²) in [5.74, 6) is 0. The van der Waals surface area contributed by atoms with Gasteiger partial charge in [0.05, 0.1) is 0 Å². The van der Waals surface area contributed by atoms with E-state index in [0.29, 0.717) is 0 Å². The Morgan fingerprint density at radius 3 is 1.67 bits per heavy atom. The standard InChI is InChI=1S/C6H11N.C2H6/c1-2-5-4-6(3-1)7-5;1-2/h5-7H,1-4H2;1-2H3. The number of hydrogen-bond acceptors (Lipinski definition) is 1. The summed E-state index contributed by atoms with van der Waals surface area (Å²) in [5, 5.41) is 3.48. The lowest BCUT2D eigenvalue weighted by Crippen LogP contribution is -2.55. The first-order chi connectivity index (χ1) is 4.45. The Labute approximate surface area is 57.8 Å². The van der Waals surface area contributed by atoms with Crippen LogP contribution in [0.2, 0.25) is 0 Å². The maximum absolute atomic E-state index is 3.48. The summed E-state index contributed by atoms with van der Waals surface area (Å²) in [5.41, 5.74) is 0. The molecular formula is C8H17N. The third-order valence-corrected chi connectivity index (χ3v) is 2.15. The fourth-order valence-electron chi connectivity index (χ4n) is 1.67. The third kappa shape index (κ3) is 1.45. The van der Waals surface area contributed by atoms with Crippen molar-refractivity contribution in [2.45, 2.75) is 51.6 Å². The van der Waals surface area contributed by atoms with Crippen molar-refractivity contribution in [3.05, 3.63) is 0 Å². The average molecular weight is 127 g/mol. The molecule has 0 radical (unpaired) electrons. The maximum Gasteiger partial charge on any atom is 0.00844 e. The van der Waals surface area contributed by atoms with Crippen molar-refractivity contribution in [3.8, 4) is 0 Å². The van der Waals surface area contributed by atoms with Gasteiger partial charge in [0.15, 0.2) is 0 Å². The molecule has 2 heterocycles. The van der Waals surface area contributed by atoms with Gasteiger partial charge >= 0.3 is 0 Å². The molecule has 0 spiro atoms. The first-order valence-electron chi connectivity index (χ1n) is 4.21. The molecule has 2 saturated heterocycles. The summed E-state index contributed by atoms with van der Waals surface area (Å²) < 4.78 is 0. The second-order valence-electron chi connectivity index (χ2n) is 2.73. The molecule has 3 fully saturated rings. The van der Waals surface area contributed by atoms with Crippen LogP contribution >= 0.6 is 0 Å². The summed E-state index contributed by atoms with van der Waals surface area (Å²) in [4.78, 5) is 0. The van der Waals surface area contributed by atoms with Crippen molar-refractivity contribution < 1.29 is 0 Å². The monoisotopic (exact) mass is 127 g/mol. The fraction of sp³-hybridized carbons (Fsp3) is 1.00. The van der Waals surface area contributed by atoms with Gasteiger partial charge in [-0.25, -0.2) is 0 Å². The normalized spacial score (nSPS) is 38.0. The predicted molar refractivity (Wildman–Crippen MR) is 40.5 cm³/mol. The summed E-state index contributed by atoms with van der Waals surface area (Å²) in [6.07, 6.45) is 5.83. The zero-order chi connectivity index (χ0) is 6.69. The molecule has 2 unspecified atom stereocenters. The maximum atomic E-state index is 3.48. The Bertz CT molecular complexity index is 61.1. The van der Waals surface area contributed by atoms with Gasteiger partial charge in [-0.3, -0.25) is 0 Å². The first kappa shape index (κ1) is 7.07. The van der Waals surface area contributed by atoms with Crippen LogP contribution in [0.1, 0.15) is 39.5 Å². The minimum Gasteiger partial charge on any atom is -0.311 e. The van der Waals surface area contributed by atoms with Crippen LogP contribution in [0.4, 0.5) is 0 Å². The molecule has 2 atom stereocenters. The van der Waals surface area contributed by atoms with Gasteiger partial charge in [0.25, 0.3) is 0 Å². The molecule has 1 aliphatic carbocycles. The largest absolute Gasteiger partial charge is 0.311 e. The molecule has 1 heteroatoms. The topological polar surface area (TPSA) is 12.0 Å². The Balaban J connectivity index is 0.000000186. The van der Waals surface area contributed by atoms with E-state index in [2.05, 4.69) is 5.32 Å². The Morgan fingerprint density at radius 2 is 1.56 bits per heavy atom. The van der Waals surface area contributed by atoms with Gasteiger partial charge in [-0.05, 0) is 19.3 Å². The van der Waals surface area contributed by atoms with E-state index < -0.39 is 0 Å². The average Bonchev–Trinajstić information content (AvgIpc) is 1.93. The van der Waals surface area contributed by atoms with Gasteiger partial charge in [0.1, 0.15) is 0 Å². The van der Waals surface area contributed by atoms with Crippen molar-refractivity contribution in [2.75, 3.05) is 0 Å². The summed E-state index contributed by atoms with van der Waals surface area (Å²) in [6.45, 7) is 4.00. The van der Waals surface area contributed by atoms with Crippen LogP contribution in [0.15, 0.2) is 0 Å². The lowest BCUT2D eigenvalue weighted by molar-refractivity contribution is 0.182. The van der Waals surface area contributed by atoms with Crippen LogP contribution in [0.5, 0.6) is 0 Å². The molecule has 0 aromatic heterocycles. The Hall–Kier alpha value is -0.0400. The second kappa shape index (κ2) is 3.21. The molecule has 2 bridgehead atoms. The van der Waals surface area contributed by atoms with Crippen LogP contribution in [0.3, 0.4) is 0 Å².